The van der Waals surface area contributed by atoms with Gasteiger partial charge in [-0.05, 0) is 42.3 Å². The first-order valence-electron chi connectivity index (χ1n) is 6.03. The summed E-state index contributed by atoms with van der Waals surface area (Å²) in [7, 11) is 0. The van der Waals surface area contributed by atoms with Gasteiger partial charge in [-0.2, -0.15) is 0 Å². The summed E-state index contributed by atoms with van der Waals surface area (Å²) >= 11 is 0. The van der Waals surface area contributed by atoms with Gasteiger partial charge in [0, 0.05) is 12.2 Å². The summed E-state index contributed by atoms with van der Waals surface area (Å²) in [5, 5.41) is 3.33. The Morgan fingerprint density at radius 2 is 1.78 bits per heavy atom. The highest BCUT2D eigenvalue weighted by Crippen LogP contribution is 2.10. The molecule has 0 saturated heterocycles. The van der Waals surface area contributed by atoms with E-state index >= 15 is 0 Å². The summed E-state index contributed by atoms with van der Waals surface area (Å²) in [6, 6.07) is 14.9. The minimum absolute atomic E-state index is 0.270. The highest BCUT2D eigenvalue weighted by Gasteiger charge is 1.98. The van der Waals surface area contributed by atoms with Crippen molar-refractivity contribution in [3.63, 3.8) is 0 Å². The van der Waals surface area contributed by atoms with Gasteiger partial charge in [0.2, 0.25) is 0 Å². The van der Waals surface area contributed by atoms with E-state index in [9.17, 15) is 4.39 Å². The SMILES string of the molecule is Nc1cc(F)cc(CCNCc2ccccc2)c1. The van der Waals surface area contributed by atoms with Crippen LogP contribution in [0.15, 0.2) is 48.5 Å². The van der Waals surface area contributed by atoms with E-state index in [2.05, 4.69) is 17.4 Å². The predicted octanol–water partition coefficient (Wildman–Crippen LogP) is 2.74. The minimum atomic E-state index is -0.270. The van der Waals surface area contributed by atoms with Gasteiger partial charge in [0.1, 0.15) is 5.82 Å². The van der Waals surface area contributed by atoms with Crippen molar-refractivity contribution in [3.8, 4) is 0 Å². The molecular formula is C15H17FN2. The first-order valence-corrected chi connectivity index (χ1v) is 6.03. The second-order valence-electron chi connectivity index (χ2n) is 4.31. The maximum atomic E-state index is 13.1. The molecular weight excluding hydrogens is 227 g/mol. The fourth-order valence-electron chi connectivity index (χ4n) is 1.88. The summed E-state index contributed by atoms with van der Waals surface area (Å²) in [6.07, 6.45) is 0.773. The summed E-state index contributed by atoms with van der Waals surface area (Å²) in [4.78, 5) is 0. The third-order valence-electron chi connectivity index (χ3n) is 2.74. The zero-order chi connectivity index (χ0) is 12.8. The van der Waals surface area contributed by atoms with Gasteiger partial charge in [0.25, 0.3) is 0 Å². The van der Waals surface area contributed by atoms with E-state index in [1.165, 1.54) is 17.7 Å². The van der Waals surface area contributed by atoms with Gasteiger partial charge < -0.3 is 11.1 Å². The lowest BCUT2D eigenvalue weighted by Crippen LogP contribution is -2.16. The summed E-state index contributed by atoms with van der Waals surface area (Å²) in [5.41, 5.74) is 8.24. The van der Waals surface area contributed by atoms with Gasteiger partial charge in [-0.25, -0.2) is 4.39 Å². The summed E-state index contributed by atoms with van der Waals surface area (Å²) in [5.74, 6) is -0.270. The molecule has 0 fully saturated rings. The van der Waals surface area contributed by atoms with Crippen LogP contribution >= 0.6 is 0 Å². The zero-order valence-electron chi connectivity index (χ0n) is 10.2. The Labute approximate surface area is 107 Å². The Balaban J connectivity index is 1.78. The number of anilines is 1. The van der Waals surface area contributed by atoms with Crippen LogP contribution in [0, 0.1) is 5.82 Å². The second-order valence-corrected chi connectivity index (χ2v) is 4.31. The Bertz CT molecular complexity index is 477. The molecule has 3 N–H and O–H groups in total. The van der Waals surface area contributed by atoms with Gasteiger partial charge in [0.15, 0.2) is 0 Å². The molecule has 0 bridgehead atoms. The van der Waals surface area contributed by atoms with Gasteiger partial charge >= 0.3 is 0 Å². The number of benzene rings is 2. The molecule has 0 saturated carbocycles. The highest BCUT2D eigenvalue weighted by atomic mass is 19.1. The molecule has 94 valence electrons. The molecule has 0 unspecified atom stereocenters. The molecule has 0 radical (unpaired) electrons. The Hall–Kier alpha value is -1.87. The monoisotopic (exact) mass is 244 g/mol. The highest BCUT2D eigenvalue weighted by molar-refractivity contribution is 5.41. The number of nitrogen functional groups attached to an aromatic ring is 1. The molecule has 0 amide bonds. The lowest BCUT2D eigenvalue weighted by Gasteiger charge is -2.06. The molecule has 3 heteroatoms. The quantitative estimate of drug-likeness (QED) is 0.627. The van der Waals surface area contributed by atoms with Crippen LogP contribution in [0.1, 0.15) is 11.1 Å². The van der Waals surface area contributed by atoms with Gasteiger partial charge in [-0.1, -0.05) is 30.3 Å². The number of halogens is 1. The van der Waals surface area contributed by atoms with Crippen molar-refractivity contribution in [1.29, 1.82) is 0 Å². The normalized spacial score (nSPS) is 10.5. The van der Waals surface area contributed by atoms with Crippen LogP contribution in [0.5, 0.6) is 0 Å². The largest absolute Gasteiger partial charge is 0.399 e. The number of rotatable bonds is 5. The molecule has 0 atom stereocenters. The van der Waals surface area contributed by atoms with E-state index in [1.54, 1.807) is 0 Å². The van der Waals surface area contributed by atoms with Crippen LogP contribution in [-0.2, 0) is 13.0 Å². The third-order valence-corrected chi connectivity index (χ3v) is 2.74. The Kier molecular flexibility index (Phi) is 4.31. The minimum Gasteiger partial charge on any atom is -0.399 e. The first kappa shape index (κ1) is 12.6. The standard InChI is InChI=1S/C15H17FN2/c16-14-8-13(9-15(17)10-14)6-7-18-11-12-4-2-1-3-5-12/h1-5,8-10,18H,6-7,11,17H2. The van der Waals surface area contributed by atoms with Gasteiger partial charge in [-0.15, -0.1) is 0 Å². The molecule has 0 heterocycles. The van der Waals surface area contributed by atoms with E-state index in [-0.39, 0.29) is 5.82 Å². The van der Waals surface area contributed by atoms with E-state index in [4.69, 9.17) is 5.73 Å². The molecule has 2 rings (SSSR count). The molecule has 18 heavy (non-hydrogen) atoms. The van der Waals surface area contributed by atoms with Crippen LogP contribution in [0.25, 0.3) is 0 Å². The molecule has 2 aromatic rings. The van der Waals surface area contributed by atoms with Gasteiger partial charge in [-0.3, -0.25) is 0 Å². The second kappa shape index (κ2) is 6.17. The number of nitrogens with two attached hydrogens (primary N) is 1. The molecule has 2 nitrogen and oxygen atoms in total. The third kappa shape index (κ3) is 3.86. The lowest BCUT2D eigenvalue weighted by molar-refractivity contribution is 0.623. The summed E-state index contributed by atoms with van der Waals surface area (Å²) in [6.45, 7) is 1.63. The van der Waals surface area contributed by atoms with Crippen LogP contribution in [0.4, 0.5) is 10.1 Å². The van der Waals surface area contributed by atoms with Crippen LogP contribution < -0.4 is 11.1 Å². The molecule has 0 aromatic heterocycles. The smallest absolute Gasteiger partial charge is 0.125 e. The van der Waals surface area contributed by atoms with Crippen molar-refractivity contribution < 1.29 is 4.39 Å². The maximum absolute atomic E-state index is 13.1. The van der Waals surface area contributed by atoms with Crippen LogP contribution in [0.3, 0.4) is 0 Å². The topological polar surface area (TPSA) is 38.0 Å². The molecule has 0 aliphatic carbocycles. The fourth-order valence-corrected chi connectivity index (χ4v) is 1.88. The van der Waals surface area contributed by atoms with Gasteiger partial charge in [0.05, 0.1) is 0 Å². The van der Waals surface area contributed by atoms with E-state index in [0.29, 0.717) is 5.69 Å². The maximum Gasteiger partial charge on any atom is 0.125 e. The average molecular weight is 244 g/mol. The molecule has 0 aliphatic heterocycles. The molecule has 2 aromatic carbocycles. The van der Waals surface area contributed by atoms with E-state index in [1.807, 2.05) is 24.3 Å². The van der Waals surface area contributed by atoms with Crippen molar-refractivity contribution in [2.75, 3.05) is 12.3 Å². The predicted molar refractivity (Wildman–Crippen MR) is 72.7 cm³/mol. The summed E-state index contributed by atoms with van der Waals surface area (Å²) < 4.78 is 13.1. The number of hydrogen-bond donors (Lipinski definition) is 2. The first-order chi connectivity index (χ1) is 8.74. The van der Waals surface area contributed by atoms with Crippen LogP contribution in [-0.4, -0.2) is 6.54 Å². The molecule has 0 aliphatic rings. The van der Waals surface area contributed by atoms with Crippen molar-refractivity contribution in [2.45, 2.75) is 13.0 Å². The van der Waals surface area contributed by atoms with Crippen molar-refractivity contribution in [2.24, 2.45) is 0 Å². The fraction of sp³-hybridized carbons (Fsp3) is 0.200. The van der Waals surface area contributed by atoms with E-state index in [0.717, 1.165) is 25.1 Å². The lowest BCUT2D eigenvalue weighted by atomic mass is 10.1. The Morgan fingerprint density at radius 1 is 1.00 bits per heavy atom. The zero-order valence-corrected chi connectivity index (χ0v) is 10.2. The average Bonchev–Trinajstić information content (AvgIpc) is 2.35. The van der Waals surface area contributed by atoms with Crippen molar-refractivity contribution in [3.05, 3.63) is 65.5 Å². The Morgan fingerprint density at radius 3 is 2.50 bits per heavy atom. The van der Waals surface area contributed by atoms with Crippen LogP contribution in [0.2, 0.25) is 0 Å². The number of hydrogen-bond acceptors (Lipinski definition) is 2. The van der Waals surface area contributed by atoms with Crippen molar-refractivity contribution >= 4 is 5.69 Å². The molecule has 0 spiro atoms. The number of nitrogens with one attached hydrogen (secondary N) is 1. The van der Waals surface area contributed by atoms with E-state index < -0.39 is 0 Å². The van der Waals surface area contributed by atoms with Crippen molar-refractivity contribution in [1.82, 2.24) is 5.32 Å².